The molecule has 1 heterocycles. The van der Waals surface area contributed by atoms with E-state index < -0.39 is 0 Å². The molecule has 3 heteroatoms. The van der Waals surface area contributed by atoms with E-state index in [9.17, 15) is 4.79 Å². The lowest BCUT2D eigenvalue weighted by atomic mass is 10.1. The fraction of sp³-hybridized carbons (Fsp3) is 0.0400. The summed E-state index contributed by atoms with van der Waals surface area (Å²) in [6.45, 7) is 0.409. The molecule has 0 amide bonds. The van der Waals surface area contributed by atoms with Gasteiger partial charge in [-0.2, -0.15) is 0 Å². The zero-order chi connectivity index (χ0) is 19.2. The van der Waals surface area contributed by atoms with Gasteiger partial charge in [0.15, 0.2) is 5.78 Å². The monoisotopic (exact) mass is 365 g/mol. The maximum atomic E-state index is 12.1. The standard InChI is InChI=1S/C25H19NO2/c27-25(21-7-2-1-3-8-21)17-12-19-10-15-23(16-11-19)28-18-22-14-13-20-6-4-5-9-24(20)26-22/h1-17H,18H2. The van der Waals surface area contributed by atoms with Crippen LogP contribution >= 0.6 is 0 Å². The van der Waals surface area contributed by atoms with Crippen LogP contribution in [0.3, 0.4) is 0 Å². The van der Waals surface area contributed by atoms with Gasteiger partial charge in [-0.3, -0.25) is 4.79 Å². The third kappa shape index (κ3) is 4.33. The van der Waals surface area contributed by atoms with Crippen LogP contribution in [0, 0.1) is 0 Å². The van der Waals surface area contributed by atoms with E-state index in [2.05, 4.69) is 11.1 Å². The summed E-state index contributed by atoms with van der Waals surface area (Å²) in [5.74, 6) is 0.754. The molecule has 0 N–H and O–H groups in total. The van der Waals surface area contributed by atoms with Crippen molar-refractivity contribution in [3.05, 3.63) is 114 Å². The summed E-state index contributed by atoms with van der Waals surface area (Å²) in [6, 6.07) is 28.9. The molecule has 0 saturated heterocycles. The topological polar surface area (TPSA) is 39.2 Å². The molecule has 0 atom stereocenters. The molecule has 4 aromatic rings. The minimum Gasteiger partial charge on any atom is -0.487 e. The Hall–Kier alpha value is -3.72. The van der Waals surface area contributed by atoms with Gasteiger partial charge in [0, 0.05) is 10.9 Å². The van der Waals surface area contributed by atoms with E-state index in [1.165, 1.54) is 0 Å². The number of para-hydroxylation sites is 1. The maximum Gasteiger partial charge on any atom is 0.185 e. The Kier molecular flexibility index (Phi) is 5.25. The number of fused-ring (bicyclic) bond motifs is 1. The molecule has 0 fully saturated rings. The highest BCUT2D eigenvalue weighted by Gasteiger charge is 2.01. The molecule has 0 saturated carbocycles. The van der Waals surface area contributed by atoms with E-state index in [4.69, 9.17) is 4.74 Å². The highest BCUT2D eigenvalue weighted by molar-refractivity contribution is 6.06. The van der Waals surface area contributed by atoms with E-state index in [0.29, 0.717) is 12.2 Å². The van der Waals surface area contributed by atoms with Gasteiger partial charge in [0.2, 0.25) is 0 Å². The van der Waals surface area contributed by atoms with Crippen molar-refractivity contribution in [1.82, 2.24) is 4.98 Å². The van der Waals surface area contributed by atoms with Crippen LogP contribution in [0.4, 0.5) is 0 Å². The van der Waals surface area contributed by atoms with Crippen molar-refractivity contribution in [3.8, 4) is 5.75 Å². The fourth-order valence-electron chi connectivity index (χ4n) is 2.89. The van der Waals surface area contributed by atoms with Crippen molar-refractivity contribution < 1.29 is 9.53 Å². The first kappa shape index (κ1) is 17.7. The van der Waals surface area contributed by atoms with Crippen molar-refractivity contribution in [2.24, 2.45) is 0 Å². The number of aromatic nitrogens is 1. The number of allylic oxidation sites excluding steroid dienone is 1. The Morgan fingerprint density at radius 3 is 2.39 bits per heavy atom. The molecular weight excluding hydrogens is 346 g/mol. The minimum atomic E-state index is -0.0108. The number of ether oxygens (including phenoxy) is 1. The second-order valence-electron chi connectivity index (χ2n) is 6.42. The largest absolute Gasteiger partial charge is 0.487 e. The Morgan fingerprint density at radius 1 is 0.821 bits per heavy atom. The number of rotatable bonds is 6. The van der Waals surface area contributed by atoms with Crippen LogP contribution in [0.15, 0.2) is 97.1 Å². The third-order valence-corrected chi connectivity index (χ3v) is 4.41. The lowest BCUT2D eigenvalue weighted by Gasteiger charge is -2.07. The second kappa shape index (κ2) is 8.31. The predicted molar refractivity (Wildman–Crippen MR) is 112 cm³/mol. The summed E-state index contributed by atoms with van der Waals surface area (Å²) in [7, 11) is 0. The quantitative estimate of drug-likeness (QED) is 0.324. The maximum absolute atomic E-state index is 12.1. The van der Waals surface area contributed by atoms with E-state index >= 15 is 0 Å². The van der Waals surface area contributed by atoms with Crippen LogP contribution in [0.1, 0.15) is 21.6 Å². The minimum absolute atomic E-state index is 0.0108. The number of hydrogen-bond acceptors (Lipinski definition) is 3. The molecular formula is C25H19NO2. The lowest BCUT2D eigenvalue weighted by Crippen LogP contribution is -1.98. The van der Waals surface area contributed by atoms with Gasteiger partial charge in [-0.15, -0.1) is 0 Å². The van der Waals surface area contributed by atoms with Gasteiger partial charge in [-0.25, -0.2) is 4.98 Å². The van der Waals surface area contributed by atoms with Crippen LogP contribution in [0.5, 0.6) is 5.75 Å². The first-order valence-corrected chi connectivity index (χ1v) is 9.13. The summed E-state index contributed by atoms with van der Waals surface area (Å²) in [6.07, 6.45) is 3.40. The lowest BCUT2D eigenvalue weighted by molar-refractivity contribution is 0.104. The Morgan fingerprint density at radius 2 is 1.57 bits per heavy atom. The van der Waals surface area contributed by atoms with Crippen molar-refractivity contribution in [2.75, 3.05) is 0 Å². The molecule has 1 aromatic heterocycles. The van der Waals surface area contributed by atoms with Gasteiger partial charge in [-0.05, 0) is 35.9 Å². The smallest absolute Gasteiger partial charge is 0.185 e. The van der Waals surface area contributed by atoms with Gasteiger partial charge in [0.05, 0.1) is 11.2 Å². The zero-order valence-electron chi connectivity index (χ0n) is 15.3. The molecule has 0 bridgehead atoms. The molecule has 3 aromatic carbocycles. The highest BCUT2D eigenvalue weighted by atomic mass is 16.5. The molecule has 0 aliphatic rings. The summed E-state index contributed by atoms with van der Waals surface area (Å²) in [4.78, 5) is 16.7. The van der Waals surface area contributed by atoms with Crippen LogP contribution < -0.4 is 4.74 Å². The van der Waals surface area contributed by atoms with E-state index in [1.807, 2.05) is 91.0 Å². The Balaban J connectivity index is 1.37. The second-order valence-corrected chi connectivity index (χ2v) is 6.42. The van der Waals surface area contributed by atoms with Crippen molar-refractivity contribution in [1.29, 1.82) is 0 Å². The van der Waals surface area contributed by atoms with Crippen LogP contribution in [-0.2, 0) is 6.61 Å². The Bertz CT molecular complexity index is 1120. The molecule has 0 aliphatic heterocycles. The number of benzene rings is 3. The van der Waals surface area contributed by atoms with Crippen molar-refractivity contribution in [2.45, 2.75) is 6.61 Å². The molecule has 28 heavy (non-hydrogen) atoms. The van der Waals surface area contributed by atoms with Gasteiger partial charge in [0.25, 0.3) is 0 Å². The SMILES string of the molecule is O=C(C=Cc1ccc(OCc2ccc3ccccc3n2)cc1)c1ccccc1. The van der Waals surface area contributed by atoms with Crippen LogP contribution in [0.2, 0.25) is 0 Å². The molecule has 0 unspecified atom stereocenters. The average Bonchev–Trinajstić information content (AvgIpc) is 2.77. The van der Waals surface area contributed by atoms with Gasteiger partial charge in [0.1, 0.15) is 12.4 Å². The molecule has 0 spiro atoms. The number of pyridine rings is 1. The third-order valence-electron chi connectivity index (χ3n) is 4.41. The van der Waals surface area contributed by atoms with Gasteiger partial charge in [-0.1, -0.05) is 72.8 Å². The molecule has 0 radical (unpaired) electrons. The molecule has 4 rings (SSSR count). The van der Waals surface area contributed by atoms with Gasteiger partial charge >= 0.3 is 0 Å². The summed E-state index contributed by atoms with van der Waals surface area (Å²) < 4.78 is 5.84. The van der Waals surface area contributed by atoms with Crippen LogP contribution in [0.25, 0.3) is 17.0 Å². The summed E-state index contributed by atoms with van der Waals surface area (Å²) >= 11 is 0. The normalized spacial score (nSPS) is 11.0. The first-order chi connectivity index (χ1) is 13.8. The fourth-order valence-corrected chi connectivity index (χ4v) is 2.89. The molecule has 3 nitrogen and oxygen atoms in total. The summed E-state index contributed by atoms with van der Waals surface area (Å²) in [5, 5.41) is 1.12. The van der Waals surface area contributed by atoms with E-state index in [0.717, 1.165) is 27.9 Å². The number of hydrogen-bond donors (Lipinski definition) is 0. The average molecular weight is 365 g/mol. The van der Waals surface area contributed by atoms with E-state index in [1.54, 1.807) is 6.08 Å². The summed E-state index contributed by atoms with van der Waals surface area (Å²) in [5.41, 5.74) is 3.48. The highest BCUT2D eigenvalue weighted by Crippen LogP contribution is 2.17. The first-order valence-electron chi connectivity index (χ1n) is 9.13. The van der Waals surface area contributed by atoms with Crippen molar-refractivity contribution in [3.63, 3.8) is 0 Å². The van der Waals surface area contributed by atoms with Gasteiger partial charge < -0.3 is 4.74 Å². The van der Waals surface area contributed by atoms with Crippen LogP contribution in [-0.4, -0.2) is 10.8 Å². The number of carbonyl (C=O) groups is 1. The predicted octanol–water partition coefficient (Wildman–Crippen LogP) is 5.71. The zero-order valence-corrected chi connectivity index (χ0v) is 15.3. The molecule has 136 valence electrons. The Labute approximate surface area is 163 Å². The number of nitrogens with zero attached hydrogens (tertiary/aromatic N) is 1. The number of ketones is 1. The number of carbonyl (C=O) groups excluding carboxylic acids is 1. The van der Waals surface area contributed by atoms with Crippen molar-refractivity contribution >= 4 is 22.8 Å². The molecule has 0 aliphatic carbocycles. The van der Waals surface area contributed by atoms with E-state index in [-0.39, 0.29) is 5.78 Å².